The zero-order valence-electron chi connectivity index (χ0n) is 11.2. The van der Waals surface area contributed by atoms with E-state index in [-0.39, 0.29) is 0 Å². The maximum absolute atomic E-state index is 6.20. The van der Waals surface area contributed by atoms with Gasteiger partial charge >= 0.3 is 0 Å². The molecule has 0 saturated heterocycles. The normalized spacial score (nSPS) is 10.8. The molecule has 3 rings (SSSR count). The number of aromatic nitrogens is 3. The smallest absolute Gasteiger partial charge is 0.153 e. The first kappa shape index (κ1) is 13.9. The summed E-state index contributed by atoms with van der Waals surface area (Å²) in [4.78, 5) is 4.28. The second-order valence-electron chi connectivity index (χ2n) is 4.69. The molecular formula is C15H12Cl2N4. The molecule has 0 radical (unpaired) electrons. The van der Waals surface area contributed by atoms with Gasteiger partial charge in [-0.3, -0.25) is 0 Å². The monoisotopic (exact) mass is 318 g/mol. The number of nitrogens with two attached hydrogens (primary N) is 1. The van der Waals surface area contributed by atoms with E-state index in [1.807, 2.05) is 19.1 Å². The van der Waals surface area contributed by atoms with Crippen LogP contribution >= 0.6 is 23.2 Å². The Labute approximate surface area is 132 Å². The predicted octanol–water partition coefficient (Wildman–Crippen LogP) is 4.13. The molecular weight excluding hydrogens is 307 g/mol. The van der Waals surface area contributed by atoms with Gasteiger partial charge in [0.1, 0.15) is 5.69 Å². The summed E-state index contributed by atoms with van der Waals surface area (Å²) in [5.74, 6) is 0.700. The lowest BCUT2D eigenvalue weighted by molar-refractivity contribution is 0.848. The van der Waals surface area contributed by atoms with Crippen LogP contribution in [0, 0.1) is 6.92 Å². The highest BCUT2D eigenvalue weighted by Crippen LogP contribution is 2.33. The quantitative estimate of drug-likeness (QED) is 0.772. The molecule has 0 bridgehead atoms. The maximum Gasteiger partial charge on any atom is 0.153 e. The molecule has 21 heavy (non-hydrogen) atoms. The SMILES string of the molecule is Cc1ccnc(-n2cc(N)c(-c3cc(Cl)ccc3Cl)n2)c1. The topological polar surface area (TPSA) is 56.7 Å². The first-order chi connectivity index (χ1) is 10.0. The van der Waals surface area contributed by atoms with Crippen molar-refractivity contribution in [3.63, 3.8) is 0 Å². The average Bonchev–Trinajstić information content (AvgIpc) is 2.83. The third kappa shape index (κ3) is 2.73. The number of hydrogen-bond donors (Lipinski definition) is 1. The lowest BCUT2D eigenvalue weighted by atomic mass is 10.1. The molecule has 2 heterocycles. The van der Waals surface area contributed by atoms with Crippen molar-refractivity contribution in [2.24, 2.45) is 0 Å². The lowest BCUT2D eigenvalue weighted by Crippen LogP contribution is -1.98. The molecule has 0 atom stereocenters. The van der Waals surface area contributed by atoms with Gasteiger partial charge in [-0.05, 0) is 42.8 Å². The Morgan fingerprint density at radius 2 is 1.95 bits per heavy atom. The lowest BCUT2D eigenvalue weighted by Gasteiger charge is -2.03. The number of hydrogen-bond acceptors (Lipinski definition) is 3. The van der Waals surface area contributed by atoms with Crippen LogP contribution in [0.2, 0.25) is 10.0 Å². The molecule has 1 aromatic carbocycles. The van der Waals surface area contributed by atoms with Gasteiger partial charge in [0.25, 0.3) is 0 Å². The summed E-state index contributed by atoms with van der Waals surface area (Å²) in [6.07, 6.45) is 3.45. The van der Waals surface area contributed by atoms with Crippen LogP contribution in [0.25, 0.3) is 17.1 Å². The van der Waals surface area contributed by atoms with Crippen LogP contribution in [0.3, 0.4) is 0 Å². The molecule has 4 nitrogen and oxygen atoms in total. The molecule has 0 saturated carbocycles. The van der Waals surface area contributed by atoms with Crippen molar-refractivity contribution in [2.45, 2.75) is 6.92 Å². The second-order valence-corrected chi connectivity index (χ2v) is 5.54. The zero-order valence-corrected chi connectivity index (χ0v) is 12.7. The summed E-state index contributed by atoms with van der Waals surface area (Å²) in [5, 5.41) is 5.61. The van der Waals surface area contributed by atoms with Crippen LogP contribution < -0.4 is 5.73 Å². The minimum absolute atomic E-state index is 0.516. The molecule has 2 aromatic heterocycles. The Balaban J connectivity index is 2.12. The van der Waals surface area contributed by atoms with Gasteiger partial charge < -0.3 is 5.73 Å². The summed E-state index contributed by atoms with van der Waals surface area (Å²) >= 11 is 12.2. The summed E-state index contributed by atoms with van der Waals surface area (Å²) < 4.78 is 1.63. The van der Waals surface area contributed by atoms with Crippen molar-refractivity contribution in [1.29, 1.82) is 0 Å². The van der Waals surface area contributed by atoms with Gasteiger partial charge in [-0.2, -0.15) is 5.10 Å². The van der Waals surface area contributed by atoms with Gasteiger partial charge in [-0.15, -0.1) is 0 Å². The summed E-state index contributed by atoms with van der Waals surface area (Å²) in [6.45, 7) is 1.99. The number of nitrogens with zero attached hydrogens (tertiary/aromatic N) is 3. The molecule has 0 unspecified atom stereocenters. The molecule has 0 aliphatic rings. The van der Waals surface area contributed by atoms with E-state index < -0.39 is 0 Å². The summed E-state index contributed by atoms with van der Waals surface area (Å²) in [7, 11) is 0. The summed E-state index contributed by atoms with van der Waals surface area (Å²) in [6, 6.07) is 9.04. The van der Waals surface area contributed by atoms with E-state index in [1.165, 1.54) is 0 Å². The molecule has 0 aliphatic carbocycles. The number of aryl methyl sites for hydroxylation is 1. The molecule has 3 aromatic rings. The highest BCUT2D eigenvalue weighted by atomic mass is 35.5. The molecule has 0 amide bonds. The van der Waals surface area contributed by atoms with E-state index in [9.17, 15) is 0 Å². The minimum Gasteiger partial charge on any atom is -0.396 e. The predicted molar refractivity (Wildman–Crippen MR) is 86.0 cm³/mol. The highest BCUT2D eigenvalue weighted by molar-refractivity contribution is 6.35. The van der Waals surface area contributed by atoms with E-state index in [1.54, 1.807) is 35.3 Å². The van der Waals surface area contributed by atoms with Gasteiger partial charge in [-0.25, -0.2) is 9.67 Å². The molecule has 6 heteroatoms. The summed E-state index contributed by atoms with van der Waals surface area (Å²) in [5.41, 5.74) is 8.96. The van der Waals surface area contributed by atoms with E-state index in [0.29, 0.717) is 32.8 Å². The Bertz CT molecular complexity index is 811. The Morgan fingerprint density at radius 3 is 2.71 bits per heavy atom. The van der Waals surface area contributed by atoms with Gasteiger partial charge in [0.05, 0.1) is 16.9 Å². The number of rotatable bonds is 2. The first-order valence-electron chi connectivity index (χ1n) is 6.28. The van der Waals surface area contributed by atoms with Crippen molar-refractivity contribution in [3.05, 3.63) is 58.3 Å². The van der Waals surface area contributed by atoms with Crippen molar-refractivity contribution >= 4 is 28.9 Å². The molecule has 0 spiro atoms. The standard InChI is InChI=1S/C15H12Cl2N4/c1-9-4-5-19-14(6-9)21-8-13(18)15(20-21)11-7-10(16)2-3-12(11)17/h2-8H,18H2,1H3. The van der Waals surface area contributed by atoms with Crippen LogP contribution in [0.4, 0.5) is 5.69 Å². The highest BCUT2D eigenvalue weighted by Gasteiger charge is 2.14. The Kier molecular flexibility index (Phi) is 3.57. The largest absolute Gasteiger partial charge is 0.396 e. The molecule has 2 N–H and O–H groups in total. The van der Waals surface area contributed by atoms with Crippen molar-refractivity contribution < 1.29 is 0 Å². The van der Waals surface area contributed by atoms with Crippen molar-refractivity contribution in [2.75, 3.05) is 5.73 Å². The zero-order chi connectivity index (χ0) is 15.0. The van der Waals surface area contributed by atoms with E-state index in [2.05, 4.69) is 10.1 Å². The number of benzene rings is 1. The molecule has 0 aliphatic heterocycles. The van der Waals surface area contributed by atoms with Gasteiger partial charge in [0.2, 0.25) is 0 Å². The van der Waals surface area contributed by atoms with E-state index in [0.717, 1.165) is 5.56 Å². The average molecular weight is 319 g/mol. The van der Waals surface area contributed by atoms with E-state index in [4.69, 9.17) is 28.9 Å². The third-order valence-corrected chi connectivity index (χ3v) is 3.63. The fraction of sp³-hybridized carbons (Fsp3) is 0.0667. The molecule has 0 fully saturated rings. The van der Waals surface area contributed by atoms with E-state index >= 15 is 0 Å². The Morgan fingerprint density at radius 1 is 1.14 bits per heavy atom. The fourth-order valence-electron chi connectivity index (χ4n) is 2.04. The second kappa shape index (κ2) is 5.39. The number of halogens is 2. The van der Waals surface area contributed by atoms with Crippen LogP contribution in [0.15, 0.2) is 42.7 Å². The van der Waals surface area contributed by atoms with Crippen LogP contribution in [-0.4, -0.2) is 14.8 Å². The number of nitrogen functional groups attached to an aromatic ring is 1. The van der Waals surface area contributed by atoms with Crippen LogP contribution in [0.1, 0.15) is 5.56 Å². The Hall–Kier alpha value is -2.04. The number of pyridine rings is 1. The molecule has 106 valence electrons. The minimum atomic E-state index is 0.516. The van der Waals surface area contributed by atoms with Gasteiger partial charge in [0, 0.05) is 16.8 Å². The van der Waals surface area contributed by atoms with Crippen LogP contribution in [0.5, 0.6) is 0 Å². The van der Waals surface area contributed by atoms with Crippen molar-refractivity contribution in [1.82, 2.24) is 14.8 Å². The van der Waals surface area contributed by atoms with Gasteiger partial charge in [-0.1, -0.05) is 23.2 Å². The maximum atomic E-state index is 6.20. The van der Waals surface area contributed by atoms with Crippen molar-refractivity contribution in [3.8, 4) is 17.1 Å². The third-order valence-electron chi connectivity index (χ3n) is 3.06. The van der Waals surface area contributed by atoms with Crippen LogP contribution in [-0.2, 0) is 0 Å². The van der Waals surface area contributed by atoms with Gasteiger partial charge in [0.15, 0.2) is 5.82 Å². The number of anilines is 1. The fourth-order valence-corrected chi connectivity index (χ4v) is 2.42. The first-order valence-corrected chi connectivity index (χ1v) is 7.04.